The molecular formula is C22H18N2. The Morgan fingerprint density at radius 2 is 1.42 bits per heavy atom. The van der Waals surface area contributed by atoms with Gasteiger partial charge in [-0.05, 0) is 33.9 Å². The molecule has 4 aromatic rings. The van der Waals surface area contributed by atoms with Crippen LogP contribution in [0, 0.1) is 0 Å². The van der Waals surface area contributed by atoms with E-state index in [0.29, 0.717) is 0 Å². The molecule has 116 valence electrons. The molecule has 0 saturated heterocycles. The highest BCUT2D eigenvalue weighted by atomic mass is 15.0. The minimum atomic E-state index is 0.819. The Kier molecular flexibility index (Phi) is 3.95. The summed E-state index contributed by atoms with van der Waals surface area (Å²) >= 11 is 0. The minimum Gasteiger partial charge on any atom is -0.333 e. The van der Waals surface area contributed by atoms with Gasteiger partial charge in [-0.3, -0.25) is 0 Å². The molecule has 0 amide bonds. The first kappa shape index (κ1) is 14.5. The summed E-state index contributed by atoms with van der Waals surface area (Å²) in [5.41, 5.74) is 6.28. The van der Waals surface area contributed by atoms with E-state index >= 15 is 0 Å². The van der Waals surface area contributed by atoms with Gasteiger partial charge in [0.2, 0.25) is 0 Å². The summed E-state index contributed by atoms with van der Waals surface area (Å²) in [4.78, 5) is 4.15. The first-order valence-corrected chi connectivity index (χ1v) is 8.10. The zero-order valence-corrected chi connectivity index (χ0v) is 13.3. The van der Waals surface area contributed by atoms with Crippen LogP contribution in [0.3, 0.4) is 0 Å². The zero-order valence-electron chi connectivity index (χ0n) is 13.3. The number of benzene rings is 3. The number of rotatable bonds is 4. The number of imidazole rings is 1. The Morgan fingerprint density at radius 3 is 2.08 bits per heavy atom. The van der Waals surface area contributed by atoms with E-state index in [4.69, 9.17) is 0 Å². The molecule has 0 aliphatic heterocycles. The Hall–Kier alpha value is -3.13. The predicted octanol–water partition coefficient (Wildman–Crippen LogP) is 5.27. The summed E-state index contributed by atoms with van der Waals surface area (Å²) in [7, 11) is 0. The molecule has 0 bridgehead atoms. The minimum absolute atomic E-state index is 0.819. The maximum absolute atomic E-state index is 4.15. The fourth-order valence-electron chi connectivity index (χ4n) is 2.99. The third kappa shape index (κ3) is 2.99. The molecule has 1 heterocycles. The molecule has 3 aromatic carbocycles. The predicted molar refractivity (Wildman–Crippen MR) is 98.6 cm³/mol. The average Bonchev–Trinajstić information content (AvgIpc) is 3.17. The molecule has 4 rings (SSSR count). The second-order valence-electron chi connectivity index (χ2n) is 5.84. The summed E-state index contributed by atoms with van der Waals surface area (Å²) in [6.07, 6.45) is 5.68. The van der Waals surface area contributed by atoms with E-state index in [1.165, 1.54) is 27.8 Å². The van der Waals surface area contributed by atoms with E-state index in [1.54, 1.807) is 0 Å². The van der Waals surface area contributed by atoms with Crippen LogP contribution in [0.15, 0.2) is 97.6 Å². The van der Waals surface area contributed by atoms with Crippen molar-refractivity contribution in [1.29, 1.82) is 0 Å². The molecule has 0 saturated carbocycles. The lowest BCUT2D eigenvalue weighted by molar-refractivity contribution is 0.799. The third-order valence-electron chi connectivity index (χ3n) is 4.21. The molecule has 0 radical (unpaired) electrons. The molecule has 0 atom stereocenters. The molecule has 24 heavy (non-hydrogen) atoms. The molecule has 2 nitrogen and oxygen atoms in total. The summed E-state index contributed by atoms with van der Waals surface area (Å²) in [6, 6.07) is 27.8. The lowest BCUT2D eigenvalue weighted by Gasteiger charge is -2.13. The molecule has 2 heteroatoms. The Morgan fingerprint density at radius 1 is 0.708 bits per heavy atom. The highest BCUT2D eigenvalue weighted by molar-refractivity contribution is 5.75. The summed E-state index contributed by atoms with van der Waals surface area (Å²) in [5, 5.41) is 0. The largest absolute Gasteiger partial charge is 0.333 e. The SMILES string of the molecule is c1ccc(-c2ccc(Cn3ccnc3)c(-c3ccccc3)c2)cc1. The average molecular weight is 310 g/mol. The van der Waals surface area contributed by atoms with E-state index in [-0.39, 0.29) is 0 Å². The number of aromatic nitrogens is 2. The molecule has 0 N–H and O–H groups in total. The Labute approximate surface area is 142 Å². The van der Waals surface area contributed by atoms with Crippen LogP contribution in [0.1, 0.15) is 5.56 Å². The lowest BCUT2D eigenvalue weighted by atomic mass is 9.94. The highest BCUT2D eigenvalue weighted by Crippen LogP contribution is 2.30. The van der Waals surface area contributed by atoms with Crippen LogP contribution in [-0.4, -0.2) is 9.55 Å². The van der Waals surface area contributed by atoms with E-state index in [1.807, 2.05) is 18.7 Å². The van der Waals surface area contributed by atoms with Crippen molar-refractivity contribution in [2.24, 2.45) is 0 Å². The van der Waals surface area contributed by atoms with Gasteiger partial charge in [0.1, 0.15) is 0 Å². The van der Waals surface area contributed by atoms with Gasteiger partial charge in [0.25, 0.3) is 0 Å². The maximum atomic E-state index is 4.15. The normalized spacial score (nSPS) is 10.7. The Balaban J connectivity index is 1.82. The maximum Gasteiger partial charge on any atom is 0.0949 e. The molecule has 0 spiro atoms. The second-order valence-corrected chi connectivity index (χ2v) is 5.84. The van der Waals surface area contributed by atoms with Crippen molar-refractivity contribution in [1.82, 2.24) is 9.55 Å². The second kappa shape index (κ2) is 6.55. The zero-order chi connectivity index (χ0) is 16.2. The number of hydrogen-bond donors (Lipinski definition) is 0. The highest BCUT2D eigenvalue weighted by Gasteiger charge is 2.08. The summed E-state index contributed by atoms with van der Waals surface area (Å²) < 4.78 is 2.10. The van der Waals surface area contributed by atoms with E-state index in [2.05, 4.69) is 88.4 Å². The monoisotopic (exact) mass is 310 g/mol. The topological polar surface area (TPSA) is 17.8 Å². The van der Waals surface area contributed by atoms with Crippen LogP contribution < -0.4 is 0 Å². The van der Waals surface area contributed by atoms with Crippen molar-refractivity contribution in [3.05, 3.63) is 103 Å². The summed E-state index contributed by atoms with van der Waals surface area (Å²) in [6.45, 7) is 0.819. The van der Waals surface area contributed by atoms with E-state index < -0.39 is 0 Å². The lowest BCUT2D eigenvalue weighted by Crippen LogP contribution is -1.99. The molecule has 0 fully saturated rings. The van der Waals surface area contributed by atoms with Gasteiger partial charge < -0.3 is 4.57 Å². The van der Waals surface area contributed by atoms with Crippen LogP contribution in [0.4, 0.5) is 0 Å². The van der Waals surface area contributed by atoms with Crippen molar-refractivity contribution in [3.8, 4) is 22.3 Å². The number of nitrogens with zero attached hydrogens (tertiary/aromatic N) is 2. The van der Waals surface area contributed by atoms with Gasteiger partial charge in [0.15, 0.2) is 0 Å². The first-order valence-electron chi connectivity index (χ1n) is 8.10. The fourth-order valence-corrected chi connectivity index (χ4v) is 2.99. The van der Waals surface area contributed by atoms with Gasteiger partial charge in [0, 0.05) is 18.9 Å². The van der Waals surface area contributed by atoms with Crippen LogP contribution in [0.5, 0.6) is 0 Å². The van der Waals surface area contributed by atoms with E-state index in [0.717, 1.165) is 6.54 Å². The van der Waals surface area contributed by atoms with Crippen LogP contribution in [0.25, 0.3) is 22.3 Å². The molecule has 0 aliphatic carbocycles. The fraction of sp³-hybridized carbons (Fsp3) is 0.0455. The van der Waals surface area contributed by atoms with Crippen molar-refractivity contribution in [2.75, 3.05) is 0 Å². The van der Waals surface area contributed by atoms with Gasteiger partial charge >= 0.3 is 0 Å². The van der Waals surface area contributed by atoms with Gasteiger partial charge in [-0.25, -0.2) is 4.98 Å². The van der Waals surface area contributed by atoms with Crippen LogP contribution in [0.2, 0.25) is 0 Å². The van der Waals surface area contributed by atoms with Crippen molar-refractivity contribution < 1.29 is 0 Å². The standard InChI is InChI=1S/C22H18N2/c1-3-7-18(8-4-1)20-11-12-21(16-24-14-13-23-17-24)22(15-20)19-9-5-2-6-10-19/h1-15,17H,16H2. The Bertz CT molecular complexity index is 911. The molecule has 0 aliphatic rings. The first-order chi connectivity index (χ1) is 11.9. The molecule has 1 aromatic heterocycles. The van der Waals surface area contributed by atoms with Gasteiger partial charge in [-0.15, -0.1) is 0 Å². The third-order valence-corrected chi connectivity index (χ3v) is 4.21. The number of hydrogen-bond acceptors (Lipinski definition) is 1. The summed E-state index contributed by atoms with van der Waals surface area (Å²) in [5.74, 6) is 0. The van der Waals surface area contributed by atoms with Crippen LogP contribution in [-0.2, 0) is 6.54 Å². The van der Waals surface area contributed by atoms with Crippen molar-refractivity contribution in [3.63, 3.8) is 0 Å². The molecule has 0 unspecified atom stereocenters. The van der Waals surface area contributed by atoms with E-state index in [9.17, 15) is 0 Å². The van der Waals surface area contributed by atoms with Gasteiger partial charge in [0.05, 0.1) is 6.33 Å². The van der Waals surface area contributed by atoms with Crippen molar-refractivity contribution >= 4 is 0 Å². The molecular weight excluding hydrogens is 292 g/mol. The van der Waals surface area contributed by atoms with Gasteiger partial charge in [-0.1, -0.05) is 72.8 Å². The van der Waals surface area contributed by atoms with Gasteiger partial charge in [-0.2, -0.15) is 0 Å². The smallest absolute Gasteiger partial charge is 0.0949 e. The van der Waals surface area contributed by atoms with Crippen molar-refractivity contribution in [2.45, 2.75) is 6.54 Å². The quantitative estimate of drug-likeness (QED) is 0.502. The van der Waals surface area contributed by atoms with Crippen LogP contribution >= 0.6 is 0 Å².